The number of amides is 1. The van der Waals surface area contributed by atoms with E-state index in [4.69, 9.17) is 0 Å². The van der Waals surface area contributed by atoms with Gasteiger partial charge in [-0.3, -0.25) is 9.69 Å². The fraction of sp³-hybridized carbons (Fsp3) is 0.333. The van der Waals surface area contributed by atoms with Gasteiger partial charge in [0.25, 0.3) is 0 Å². The van der Waals surface area contributed by atoms with Crippen LogP contribution >= 0.6 is 0 Å². The minimum absolute atomic E-state index is 0.156. The molecule has 27 heavy (non-hydrogen) atoms. The zero-order valence-corrected chi connectivity index (χ0v) is 15.6. The third kappa shape index (κ3) is 5.37. The number of carbonyl (C=O) groups is 1. The maximum absolute atomic E-state index is 13.7. The van der Waals surface area contributed by atoms with Gasteiger partial charge < -0.3 is 4.90 Å². The smallest absolute Gasteiger partial charge is 0.241 e. The molecule has 6 heteroatoms. The maximum atomic E-state index is 13.7. The fourth-order valence-electron chi connectivity index (χ4n) is 3.15. The molecule has 0 unspecified atom stereocenters. The minimum atomic E-state index is -0.343. The Morgan fingerprint density at radius 1 is 1.04 bits per heavy atom. The van der Waals surface area contributed by atoms with E-state index in [1.807, 2.05) is 6.07 Å². The summed E-state index contributed by atoms with van der Waals surface area (Å²) < 4.78 is 13.7. The van der Waals surface area contributed by atoms with Crippen LogP contribution in [0.25, 0.3) is 0 Å². The molecule has 0 aliphatic carbocycles. The van der Waals surface area contributed by atoms with Gasteiger partial charge in [-0.05, 0) is 25.1 Å². The van der Waals surface area contributed by atoms with E-state index in [0.717, 1.165) is 26.2 Å². The number of nitrogens with zero attached hydrogens (tertiary/aromatic N) is 3. The number of hydrogen-bond acceptors (Lipinski definition) is 4. The molecule has 2 aromatic rings. The number of piperazine rings is 1. The first kappa shape index (κ1) is 19.0. The number of para-hydroxylation sites is 1. The molecule has 1 amide bonds. The molecule has 1 aliphatic heterocycles. The predicted octanol–water partition coefficient (Wildman–Crippen LogP) is 2.88. The minimum Gasteiger partial charge on any atom is -0.369 e. The number of rotatable bonds is 6. The van der Waals surface area contributed by atoms with E-state index in [2.05, 4.69) is 44.6 Å². The Hall–Kier alpha value is -2.73. The van der Waals surface area contributed by atoms with Crippen molar-refractivity contribution in [1.82, 2.24) is 10.3 Å². The Labute approximate surface area is 159 Å². The second-order valence-electron chi connectivity index (χ2n) is 6.63. The van der Waals surface area contributed by atoms with Crippen LogP contribution < -0.4 is 10.3 Å². The molecule has 1 heterocycles. The van der Waals surface area contributed by atoms with Crippen LogP contribution in [0.1, 0.15) is 18.9 Å². The summed E-state index contributed by atoms with van der Waals surface area (Å²) in [7, 11) is 0. The van der Waals surface area contributed by atoms with Gasteiger partial charge in [-0.2, -0.15) is 5.10 Å². The van der Waals surface area contributed by atoms with E-state index in [0.29, 0.717) is 24.2 Å². The van der Waals surface area contributed by atoms with Crippen LogP contribution in [-0.2, 0) is 4.79 Å². The number of hydrazone groups is 1. The van der Waals surface area contributed by atoms with Crippen molar-refractivity contribution in [2.45, 2.75) is 13.3 Å². The summed E-state index contributed by atoms with van der Waals surface area (Å²) in [6, 6.07) is 16.8. The van der Waals surface area contributed by atoms with Gasteiger partial charge in [0.1, 0.15) is 5.82 Å². The van der Waals surface area contributed by atoms with Gasteiger partial charge in [-0.1, -0.05) is 36.4 Å². The molecular formula is C21H25FN4O. The van der Waals surface area contributed by atoms with Gasteiger partial charge in [-0.25, -0.2) is 9.82 Å². The summed E-state index contributed by atoms with van der Waals surface area (Å²) >= 11 is 0. The molecule has 0 spiro atoms. The fourth-order valence-corrected chi connectivity index (χ4v) is 3.15. The number of carbonyl (C=O) groups excluding carboxylic acids is 1. The second-order valence-corrected chi connectivity index (χ2v) is 6.63. The number of hydrogen-bond donors (Lipinski definition) is 1. The molecule has 0 radical (unpaired) electrons. The number of benzene rings is 2. The molecule has 2 aromatic carbocycles. The zero-order chi connectivity index (χ0) is 19.1. The Morgan fingerprint density at radius 2 is 1.70 bits per heavy atom. The van der Waals surface area contributed by atoms with Gasteiger partial charge in [0, 0.05) is 50.4 Å². The van der Waals surface area contributed by atoms with Crippen LogP contribution in [0.15, 0.2) is 59.7 Å². The number of nitrogens with one attached hydrogen (secondary N) is 1. The topological polar surface area (TPSA) is 47.9 Å². The van der Waals surface area contributed by atoms with Gasteiger partial charge >= 0.3 is 0 Å². The van der Waals surface area contributed by atoms with Crippen molar-refractivity contribution in [3.63, 3.8) is 0 Å². The third-order valence-electron chi connectivity index (χ3n) is 4.76. The molecule has 0 aromatic heterocycles. The summed E-state index contributed by atoms with van der Waals surface area (Å²) in [5.41, 5.74) is 4.63. The molecule has 1 aliphatic rings. The Kier molecular flexibility index (Phi) is 6.54. The number of anilines is 1. The Balaban J connectivity index is 1.41. The summed E-state index contributed by atoms with van der Waals surface area (Å²) in [5.74, 6) is -0.500. The molecule has 0 saturated carbocycles. The van der Waals surface area contributed by atoms with Crippen molar-refractivity contribution < 1.29 is 9.18 Å². The summed E-state index contributed by atoms with van der Waals surface area (Å²) in [6.07, 6.45) is 0.374. The first-order chi connectivity index (χ1) is 13.1. The monoisotopic (exact) mass is 368 g/mol. The summed E-state index contributed by atoms with van der Waals surface area (Å²) in [4.78, 5) is 16.7. The summed E-state index contributed by atoms with van der Waals surface area (Å²) in [5, 5.41) is 4.02. The van der Waals surface area contributed by atoms with Crippen molar-refractivity contribution in [3.8, 4) is 0 Å². The Morgan fingerprint density at radius 3 is 2.41 bits per heavy atom. The maximum Gasteiger partial charge on any atom is 0.241 e. The normalized spacial score (nSPS) is 15.6. The van der Waals surface area contributed by atoms with Crippen LogP contribution in [0.4, 0.5) is 10.1 Å². The van der Waals surface area contributed by atoms with Gasteiger partial charge in [0.05, 0.1) is 5.71 Å². The van der Waals surface area contributed by atoms with Crippen molar-refractivity contribution in [2.24, 2.45) is 5.10 Å². The van der Waals surface area contributed by atoms with E-state index in [9.17, 15) is 9.18 Å². The molecule has 1 saturated heterocycles. The van der Waals surface area contributed by atoms with Crippen molar-refractivity contribution in [1.29, 1.82) is 0 Å². The van der Waals surface area contributed by atoms with Crippen LogP contribution in [0.3, 0.4) is 0 Å². The Bertz CT molecular complexity index is 786. The SMILES string of the molecule is CC(=NNC(=O)CCN1CCN(c2ccccc2)CC1)c1ccccc1F. The van der Waals surface area contributed by atoms with Crippen molar-refractivity contribution in [3.05, 3.63) is 66.0 Å². The highest BCUT2D eigenvalue weighted by Gasteiger charge is 2.17. The van der Waals surface area contributed by atoms with Gasteiger partial charge in [0.2, 0.25) is 5.91 Å². The van der Waals surface area contributed by atoms with Crippen molar-refractivity contribution in [2.75, 3.05) is 37.6 Å². The lowest BCUT2D eigenvalue weighted by molar-refractivity contribution is -0.121. The lowest BCUT2D eigenvalue weighted by Crippen LogP contribution is -2.47. The molecule has 1 N–H and O–H groups in total. The van der Waals surface area contributed by atoms with Crippen LogP contribution in [0.2, 0.25) is 0 Å². The molecule has 5 nitrogen and oxygen atoms in total. The third-order valence-corrected chi connectivity index (χ3v) is 4.76. The average Bonchev–Trinajstić information content (AvgIpc) is 2.72. The quantitative estimate of drug-likeness (QED) is 0.630. The van der Waals surface area contributed by atoms with Crippen LogP contribution in [0.5, 0.6) is 0 Å². The highest BCUT2D eigenvalue weighted by molar-refractivity contribution is 5.99. The average molecular weight is 368 g/mol. The van der Waals surface area contributed by atoms with Crippen LogP contribution in [-0.4, -0.2) is 49.2 Å². The highest BCUT2D eigenvalue weighted by atomic mass is 19.1. The predicted molar refractivity (Wildman–Crippen MR) is 106 cm³/mol. The van der Waals surface area contributed by atoms with Crippen LogP contribution in [0, 0.1) is 5.82 Å². The van der Waals surface area contributed by atoms with E-state index in [-0.39, 0.29) is 11.7 Å². The zero-order valence-electron chi connectivity index (χ0n) is 15.6. The standard InChI is InChI=1S/C21H25FN4O/c1-17(19-9-5-6-10-20(19)22)23-24-21(27)11-12-25-13-15-26(16-14-25)18-7-3-2-4-8-18/h2-10H,11-16H2,1H3,(H,24,27). The van der Waals surface area contributed by atoms with E-state index in [1.54, 1.807) is 25.1 Å². The lowest BCUT2D eigenvalue weighted by Gasteiger charge is -2.36. The molecule has 1 fully saturated rings. The second kappa shape index (κ2) is 9.28. The van der Waals surface area contributed by atoms with E-state index in [1.165, 1.54) is 11.8 Å². The lowest BCUT2D eigenvalue weighted by atomic mass is 10.1. The van der Waals surface area contributed by atoms with Crippen molar-refractivity contribution >= 4 is 17.3 Å². The van der Waals surface area contributed by atoms with Gasteiger partial charge in [-0.15, -0.1) is 0 Å². The molecule has 0 bridgehead atoms. The highest BCUT2D eigenvalue weighted by Crippen LogP contribution is 2.15. The van der Waals surface area contributed by atoms with E-state index < -0.39 is 0 Å². The number of halogens is 1. The van der Waals surface area contributed by atoms with Gasteiger partial charge in [0.15, 0.2) is 0 Å². The molecule has 3 rings (SSSR count). The summed E-state index contributed by atoms with van der Waals surface area (Å²) in [6.45, 7) is 6.15. The largest absolute Gasteiger partial charge is 0.369 e. The van der Waals surface area contributed by atoms with E-state index >= 15 is 0 Å². The first-order valence-electron chi connectivity index (χ1n) is 9.24. The molecule has 142 valence electrons. The molecule has 0 atom stereocenters. The first-order valence-corrected chi connectivity index (χ1v) is 9.24. The molecular weight excluding hydrogens is 343 g/mol.